The number of fused-ring (bicyclic) bond motifs is 1. The molecule has 5 nitrogen and oxygen atoms in total. The average Bonchev–Trinajstić information content (AvgIpc) is 3.07. The molecule has 0 bridgehead atoms. The summed E-state index contributed by atoms with van der Waals surface area (Å²) in [7, 11) is -0.866. The highest BCUT2D eigenvalue weighted by molar-refractivity contribution is 6.62. The van der Waals surface area contributed by atoms with Crippen LogP contribution in [0.4, 0.5) is 8.78 Å². The minimum Gasteiger partial charge on any atom is -0.399 e. The van der Waals surface area contributed by atoms with Crippen molar-refractivity contribution in [3.63, 3.8) is 0 Å². The predicted molar refractivity (Wildman–Crippen MR) is 105 cm³/mol. The number of hydrogen-bond donors (Lipinski definition) is 0. The first-order valence-corrected chi connectivity index (χ1v) is 9.61. The Kier molecular flexibility index (Phi) is 4.55. The van der Waals surface area contributed by atoms with Crippen molar-refractivity contribution >= 4 is 18.5 Å². The molecule has 8 heteroatoms. The lowest BCUT2D eigenvalue weighted by Gasteiger charge is -2.32. The molecule has 0 unspecified atom stereocenters. The third-order valence-electron chi connectivity index (χ3n) is 6.21. The van der Waals surface area contributed by atoms with Crippen LogP contribution in [0, 0.1) is 11.6 Å². The molecule has 29 heavy (non-hydrogen) atoms. The number of carbonyl (C=O) groups is 1. The number of carbonyl (C=O) groups excluding carboxylic acids is 1. The quantitative estimate of drug-likeness (QED) is 0.742. The lowest BCUT2D eigenvalue weighted by atomic mass is 9.78. The van der Waals surface area contributed by atoms with Crippen LogP contribution in [0.2, 0.25) is 0 Å². The fourth-order valence-corrected chi connectivity index (χ4v) is 3.73. The number of benzene rings is 1. The minimum absolute atomic E-state index is 0.161. The number of hydrogen-bond acceptors (Lipinski definition) is 4. The van der Waals surface area contributed by atoms with E-state index >= 15 is 8.78 Å². The maximum Gasteiger partial charge on any atom is 0.495 e. The Bertz CT molecular complexity index is 957. The maximum absolute atomic E-state index is 15.0. The Morgan fingerprint density at radius 2 is 1.72 bits per heavy atom. The normalized spacial score (nSPS) is 20.9. The molecule has 1 saturated heterocycles. The van der Waals surface area contributed by atoms with E-state index in [9.17, 15) is 4.79 Å². The van der Waals surface area contributed by atoms with Crippen molar-refractivity contribution in [1.82, 2.24) is 9.88 Å². The first-order chi connectivity index (χ1) is 13.5. The zero-order valence-electron chi connectivity index (χ0n) is 17.1. The second kappa shape index (κ2) is 6.60. The molecule has 1 fully saturated rings. The van der Waals surface area contributed by atoms with E-state index in [4.69, 9.17) is 9.31 Å². The van der Waals surface area contributed by atoms with Gasteiger partial charge in [0, 0.05) is 11.8 Å². The van der Waals surface area contributed by atoms with Gasteiger partial charge in [0.15, 0.2) is 0 Å². The molecular weight excluding hydrogens is 377 g/mol. The summed E-state index contributed by atoms with van der Waals surface area (Å²) in [6, 6.07) is 5.01. The van der Waals surface area contributed by atoms with E-state index in [0.717, 1.165) is 0 Å². The van der Waals surface area contributed by atoms with Gasteiger partial charge in [0.2, 0.25) is 0 Å². The topological polar surface area (TPSA) is 51.7 Å². The van der Waals surface area contributed by atoms with E-state index in [1.165, 1.54) is 17.0 Å². The van der Waals surface area contributed by atoms with E-state index in [1.807, 2.05) is 27.7 Å². The summed E-state index contributed by atoms with van der Waals surface area (Å²) in [6.07, 6.45) is 1.60. The molecule has 2 aliphatic rings. The van der Waals surface area contributed by atoms with Gasteiger partial charge in [-0.05, 0) is 64.3 Å². The van der Waals surface area contributed by atoms with Crippen LogP contribution in [0.1, 0.15) is 62.3 Å². The zero-order valence-corrected chi connectivity index (χ0v) is 17.1. The Morgan fingerprint density at radius 1 is 1.14 bits per heavy atom. The Labute approximate surface area is 169 Å². The summed E-state index contributed by atoms with van der Waals surface area (Å²) in [5, 5.41) is 0. The maximum atomic E-state index is 15.0. The molecule has 1 amide bonds. The lowest BCUT2D eigenvalue weighted by Crippen LogP contribution is -2.41. The molecule has 0 aliphatic carbocycles. The van der Waals surface area contributed by atoms with Crippen molar-refractivity contribution in [2.75, 3.05) is 0 Å². The van der Waals surface area contributed by atoms with Gasteiger partial charge in [-0.25, -0.2) is 8.78 Å². The molecule has 152 valence electrons. The third kappa shape index (κ3) is 3.15. The first-order valence-electron chi connectivity index (χ1n) is 9.61. The number of halogens is 2. The number of amides is 1. The van der Waals surface area contributed by atoms with E-state index in [2.05, 4.69) is 4.98 Å². The summed E-state index contributed by atoms with van der Waals surface area (Å²) in [6.45, 7) is 9.33. The second-order valence-corrected chi connectivity index (χ2v) is 8.59. The molecule has 0 spiro atoms. The fraction of sp³-hybridized carbons (Fsp3) is 0.429. The van der Waals surface area contributed by atoms with Crippen LogP contribution < -0.4 is 5.46 Å². The summed E-state index contributed by atoms with van der Waals surface area (Å²) in [5.41, 5.74) is -0.0407. The van der Waals surface area contributed by atoms with Gasteiger partial charge in [0.05, 0.1) is 35.0 Å². The highest BCUT2D eigenvalue weighted by atomic mass is 19.1. The number of pyridine rings is 1. The number of rotatable bonds is 3. The smallest absolute Gasteiger partial charge is 0.399 e. The summed E-state index contributed by atoms with van der Waals surface area (Å²) < 4.78 is 41.8. The molecule has 0 saturated carbocycles. The van der Waals surface area contributed by atoms with Gasteiger partial charge in [-0.15, -0.1) is 0 Å². The van der Waals surface area contributed by atoms with Gasteiger partial charge in [-0.2, -0.15) is 0 Å². The van der Waals surface area contributed by atoms with Crippen molar-refractivity contribution in [3.8, 4) is 0 Å². The van der Waals surface area contributed by atoms with Gasteiger partial charge in [-0.3, -0.25) is 9.78 Å². The summed E-state index contributed by atoms with van der Waals surface area (Å²) >= 11 is 0. The Balaban J connectivity index is 1.63. The van der Waals surface area contributed by atoms with Gasteiger partial charge >= 0.3 is 7.12 Å². The van der Waals surface area contributed by atoms with E-state index in [-0.39, 0.29) is 23.5 Å². The van der Waals surface area contributed by atoms with Gasteiger partial charge in [0.1, 0.15) is 11.6 Å². The third-order valence-corrected chi connectivity index (χ3v) is 6.21. The SMILES string of the molecule is C[C@H](c1c(F)cc(B2OC(C)(C)C(C)(C)O2)cc1F)N1Cc2ncccc2C1=O. The molecular formula is C21H23BF2N2O3. The van der Waals surface area contributed by atoms with E-state index < -0.39 is 36.0 Å². The van der Waals surface area contributed by atoms with Crippen molar-refractivity contribution in [1.29, 1.82) is 0 Å². The van der Waals surface area contributed by atoms with E-state index in [0.29, 0.717) is 11.3 Å². The van der Waals surface area contributed by atoms with Crippen molar-refractivity contribution in [2.24, 2.45) is 0 Å². The largest absolute Gasteiger partial charge is 0.495 e. The number of nitrogens with zero attached hydrogens (tertiary/aromatic N) is 2. The van der Waals surface area contributed by atoms with E-state index in [1.54, 1.807) is 25.3 Å². The minimum atomic E-state index is -0.866. The standard InChI is InChI=1S/C21H23BF2N2O3/c1-12(26-11-17-14(19(26)27)7-6-8-25-17)18-15(23)9-13(10-16(18)24)22-28-20(2,3)21(4,5)29-22/h6-10,12H,11H2,1-5H3/t12-/m1/s1. The molecule has 1 aromatic carbocycles. The average molecular weight is 400 g/mol. The fourth-order valence-electron chi connectivity index (χ4n) is 3.73. The predicted octanol–water partition coefficient (Wildman–Crippen LogP) is 3.38. The first kappa shape index (κ1) is 20.0. The molecule has 4 rings (SSSR count). The van der Waals surface area contributed by atoms with Crippen LogP contribution in [0.15, 0.2) is 30.5 Å². The van der Waals surface area contributed by atoms with Crippen molar-refractivity contribution in [3.05, 3.63) is 58.9 Å². The molecule has 0 N–H and O–H groups in total. The van der Waals surface area contributed by atoms with Crippen LogP contribution >= 0.6 is 0 Å². The van der Waals surface area contributed by atoms with Crippen LogP contribution in [-0.2, 0) is 15.9 Å². The Hall–Kier alpha value is -2.32. The van der Waals surface area contributed by atoms with Crippen LogP contribution in [0.25, 0.3) is 0 Å². The van der Waals surface area contributed by atoms with Gasteiger partial charge in [0.25, 0.3) is 5.91 Å². The highest BCUT2D eigenvalue weighted by Crippen LogP contribution is 2.37. The second-order valence-electron chi connectivity index (χ2n) is 8.59. The van der Waals surface area contributed by atoms with Crippen LogP contribution in [0.3, 0.4) is 0 Å². The summed E-state index contributed by atoms with van der Waals surface area (Å²) in [4.78, 5) is 18.3. The molecule has 3 heterocycles. The number of aromatic nitrogens is 1. The lowest BCUT2D eigenvalue weighted by molar-refractivity contribution is 0.00578. The van der Waals surface area contributed by atoms with Crippen molar-refractivity contribution in [2.45, 2.75) is 58.4 Å². The van der Waals surface area contributed by atoms with Crippen LogP contribution in [0.5, 0.6) is 0 Å². The monoisotopic (exact) mass is 400 g/mol. The highest BCUT2D eigenvalue weighted by Gasteiger charge is 2.52. The van der Waals surface area contributed by atoms with Gasteiger partial charge < -0.3 is 14.2 Å². The molecule has 1 aromatic heterocycles. The molecule has 1 atom stereocenters. The zero-order chi connectivity index (χ0) is 21.1. The Morgan fingerprint density at radius 3 is 2.28 bits per heavy atom. The molecule has 0 radical (unpaired) electrons. The van der Waals surface area contributed by atoms with Crippen molar-refractivity contribution < 1.29 is 22.9 Å². The molecule has 2 aliphatic heterocycles. The van der Waals surface area contributed by atoms with Gasteiger partial charge in [-0.1, -0.05) is 0 Å². The molecule has 2 aromatic rings. The summed E-state index contributed by atoms with van der Waals surface area (Å²) in [5.74, 6) is -1.76. The van der Waals surface area contributed by atoms with Crippen LogP contribution in [-0.4, -0.2) is 34.1 Å².